The molecule has 23 heavy (non-hydrogen) atoms. The number of carbonyl (C=O) groups excluding carboxylic acids is 1. The molecule has 0 unspecified atom stereocenters. The lowest BCUT2D eigenvalue weighted by molar-refractivity contribution is -0.154. The summed E-state index contributed by atoms with van der Waals surface area (Å²) < 4.78 is 5.30. The highest BCUT2D eigenvalue weighted by Crippen LogP contribution is 2.17. The van der Waals surface area contributed by atoms with Crippen molar-refractivity contribution in [1.82, 2.24) is 9.97 Å². The van der Waals surface area contributed by atoms with Gasteiger partial charge in [0.1, 0.15) is 5.60 Å². The van der Waals surface area contributed by atoms with E-state index in [0.717, 1.165) is 11.1 Å². The molecule has 0 aliphatic heterocycles. The van der Waals surface area contributed by atoms with E-state index in [4.69, 9.17) is 9.84 Å². The van der Waals surface area contributed by atoms with Gasteiger partial charge in [-0.1, -0.05) is 24.3 Å². The van der Waals surface area contributed by atoms with Crippen molar-refractivity contribution < 1.29 is 14.6 Å². The fourth-order valence-electron chi connectivity index (χ4n) is 2.08. The van der Waals surface area contributed by atoms with Crippen LogP contribution >= 0.6 is 0 Å². The van der Waals surface area contributed by atoms with Crippen molar-refractivity contribution in [3.05, 3.63) is 47.8 Å². The van der Waals surface area contributed by atoms with Gasteiger partial charge in [-0.3, -0.25) is 4.79 Å². The van der Waals surface area contributed by atoms with Crippen LogP contribution in [0.1, 0.15) is 38.4 Å². The number of ether oxygens (including phenoxy) is 1. The number of benzene rings is 1. The second kappa shape index (κ2) is 7.33. The highest BCUT2D eigenvalue weighted by Gasteiger charge is 2.15. The first kappa shape index (κ1) is 17.1. The molecule has 1 aromatic carbocycles. The van der Waals surface area contributed by atoms with Gasteiger partial charge in [0.25, 0.3) is 0 Å². The molecule has 1 aromatic heterocycles. The van der Waals surface area contributed by atoms with Crippen LogP contribution in [0.25, 0.3) is 11.4 Å². The summed E-state index contributed by atoms with van der Waals surface area (Å²) in [6.45, 7) is 5.48. The number of hydrogen-bond donors (Lipinski definition) is 1. The second-order valence-corrected chi connectivity index (χ2v) is 6.31. The van der Waals surface area contributed by atoms with Crippen LogP contribution < -0.4 is 0 Å². The number of hydrogen-bond acceptors (Lipinski definition) is 5. The summed E-state index contributed by atoms with van der Waals surface area (Å²) in [5.74, 6) is 0.385. The normalized spacial score (nSPS) is 11.3. The smallest absolute Gasteiger partial charge is 0.306 e. The fraction of sp³-hybridized carbons (Fsp3) is 0.389. The summed E-state index contributed by atoms with van der Waals surface area (Å²) in [6.07, 6.45) is 2.62. The van der Waals surface area contributed by atoms with Crippen molar-refractivity contribution in [2.45, 2.75) is 45.8 Å². The minimum absolute atomic E-state index is 0.108. The Morgan fingerprint density at radius 1 is 1.17 bits per heavy atom. The van der Waals surface area contributed by atoms with E-state index >= 15 is 0 Å². The molecule has 0 aliphatic rings. The van der Waals surface area contributed by atoms with Crippen molar-refractivity contribution >= 4 is 5.97 Å². The summed E-state index contributed by atoms with van der Waals surface area (Å²) >= 11 is 0. The van der Waals surface area contributed by atoms with E-state index in [1.807, 2.05) is 45.0 Å². The van der Waals surface area contributed by atoms with E-state index < -0.39 is 5.60 Å². The topological polar surface area (TPSA) is 72.3 Å². The molecule has 5 heteroatoms. The van der Waals surface area contributed by atoms with Gasteiger partial charge in [0.05, 0.1) is 12.3 Å². The predicted octanol–water partition coefficient (Wildman–Crippen LogP) is 2.91. The average molecular weight is 314 g/mol. The SMILES string of the molecule is CC(C)(C)OC(=O)CCc1ccc(-c2nccc(CO)n2)cc1. The first-order valence-electron chi connectivity index (χ1n) is 7.61. The van der Waals surface area contributed by atoms with E-state index in [0.29, 0.717) is 24.4 Å². The standard InChI is InChI=1S/C18H22N2O3/c1-18(2,3)23-16(22)9-6-13-4-7-14(8-5-13)17-19-11-10-15(12-21)20-17/h4-5,7-8,10-11,21H,6,9,12H2,1-3H3. The summed E-state index contributed by atoms with van der Waals surface area (Å²) in [4.78, 5) is 20.2. The lowest BCUT2D eigenvalue weighted by Crippen LogP contribution is -2.23. The van der Waals surface area contributed by atoms with Gasteiger partial charge in [-0.2, -0.15) is 0 Å². The molecule has 1 heterocycles. The van der Waals surface area contributed by atoms with E-state index in [1.54, 1.807) is 12.3 Å². The number of aliphatic hydroxyl groups is 1. The number of rotatable bonds is 5. The molecule has 2 rings (SSSR count). The zero-order valence-corrected chi connectivity index (χ0v) is 13.7. The molecule has 0 aliphatic carbocycles. The monoisotopic (exact) mass is 314 g/mol. The quantitative estimate of drug-likeness (QED) is 0.859. The minimum Gasteiger partial charge on any atom is -0.460 e. The molecular weight excluding hydrogens is 292 g/mol. The average Bonchev–Trinajstić information content (AvgIpc) is 2.52. The Kier molecular flexibility index (Phi) is 5.45. The Morgan fingerprint density at radius 3 is 2.48 bits per heavy atom. The lowest BCUT2D eigenvalue weighted by Gasteiger charge is -2.19. The van der Waals surface area contributed by atoms with Crippen LogP contribution in [0.2, 0.25) is 0 Å². The van der Waals surface area contributed by atoms with Crippen molar-refractivity contribution in [2.24, 2.45) is 0 Å². The molecule has 0 saturated carbocycles. The molecule has 0 radical (unpaired) electrons. The maximum atomic E-state index is 11.7. The van der Waals surface area contributed by atoms with E-state index in [-0.39, 0.29) is 12.6 Å². The van der Waals surface area contributed by atoms with Crippen LogP contribution in [-0.2, 0) is 22.6 Å². The Morgan fingerprint density at radius 2 is 1.87 bits per heavy atom. The second-order valence-electron chi connectivity index (χ2n) is 6.31. The molecule has 5 nitrogen and oxygen atoms in total. The molecule has 0 amide bonds. The third-order valence-electron chi connectivity index (χ3n) is 3.13. The predicted molar refractivity (Wildman–Crippen MR) is 87.6 cm³/mol. The third kappa shape index (κ3) is 5.45. The molecule has 0 spiro atoms. The Hall–Kier alpha value is -2.27. The zero-order valence-electron chi connectivity index (χ0n) is 13.7. The molecule has 0 saturated heterocycles. The van der Waals surface area contributed by atoms with Gasteiger partial charge in [0, 0.05) is 18.2 Å². The summed E-state index contributed by atoms with van der Waals surface area (Å²) in [7, 11) is 0. The van der Waals surface area contributed by atoms with Crippen molar-refractivity contribution in [1.29, 1.82) is 0 Å². The molecule has 1 N–H and O–H groups in total. The van der Waals surface area contributed by atoms with Crippen LogP contribution in [0, 0.1) is 0 Å². The summed E-state index contributed by atoms with van der Waals surface area (Å²) in [5, 5.41) is 9.12. The van der Waals surface area contributed by atoms with Crippen LogP contribution in [0.15, 0.2) is 36.5 Å². The van der Waals surface area contributed by atoms with Gasteiger partial charge in [-0.05, 0) is 38.8 Å². The minimum atomic E-state index is -0.448. The van der Waals surface area contributed by atoms with Crippen LogP contribution in [0.3, 0.4) is 0 Å². The van der Waals surface area contributed by atoms with Gasteiger partial charge in [0.2, 0.25) is 0 Å². The van der Waals surface area contributed by atoms with Crippen molar-refractivity contribution in [2.75, 3.05) is 0 Å². The van der Waals surface area contributed by atoms with Gasteiger partial charge in [-0.15, -0.1) is 0 Å². The van der Waals surface area contributed by atoms with Gasteiger partial charge < -0.3 is 9.84 Å². The zero-order chi connectivity index (χ0) is 16.9. The van der Waals surface area contributed by atoms with Crippen molar-refractivity contribution in [3.8, 4) is 11.4 Å². The highest BCUT2D eigenvalue weighted by atomic mass is 16.6. The highest BCUT2D eigenvalue weighted by molar-refractivity contribution is 5.70. The van der Waals surface area contributed by atoms with E-state index in [1.165, 1.54) is 0 Å². The number of esters is 1. The van der Waals surface area contributed by atoms with Crippen molar-refractivity contribution in [3.63, 3.8) is 0 Å². The molecule has 0 fully saturated rings. The molecule has 122 valence electrons. The fourth-order valence-corrected chi connectivity index (χ4v) is 2.08. The Balaban J connectivity index is 1.98. The number of aromatic nitrogens is 2. The Labute approximate surface area is 136 Å². The number of aliphatic hydroxyl groups excluding tert-OH is 1. The first-order valence-corrected chi connectivity index (χ1v) is 7.61. The van der Waals surface area contributed by atoms with Crippen LogP contribution in [0.5, 0.6) is 0 Å². The Bertz CT molecular complexity index is 661. The lowest BCUT2D eigenvalue weighted by atomic mass is 10.1. The largest absolute Gasteiger partial charge is 0.460 e. The van der Waals surface area contributed by atoms with E-state index in [2.05, 4.69) is 9.97 Å². The third-order valence-corrected chi connectivity index (χ3v) is 3.13. The molecule has 2 aromatic rings. The van der Waals surface area contributed by atoms with Crippen LogP contribution in [0.4, 0.5) is 0 Å². The van der Waals surface area contributed by atoms with Gasteiger partial charge in [-0.25, -0.2) is 9.97 Å². The maximum absolute atomic E-state index is 11.7. The number of nitrogens with zero attached hydrogens (tertiary/aromatic N) is 2. The van der Waals surface area contributed by atoms with E-state index in [9.17, 15) is 4.79 Å². The summed E-state index contributed by atoms with van der Waals surface area (Å²) in [6, 6.07) is 9.42. The van der Waals surface area contributed by atoms with Crippen LogP contribution in [-0.4, -0.2) is 26.6 Å². The van der Waals surface area contributed by atoms with Gasteiger partial charge in [0.15, 0.2) is 5.82 Å². The van der Waals surface area contributed by atoms with Gasteiger partial charge >= 0.3 is 5.97 Å². The molecule has 0 bridgehead atoms. The molecular formula is C18H22N2O3. The number of carbonyl (C=O) groups is 1. The molecule has 0 atom stereocenters. The first-order chi connectivity index (χ1) is 10.9. The number of aryl methyl sites for hydroxylation is 1. The summed E-state index contributed by atoms with van der Waals surface area (Å²) in [5.41, 5.74) is 2.07. The maximum Gasteiger partial charge on any atom is 0.306 e.